The van der Waals surface area contributed by atoms with E-state index in [1.807, 2.05) is 19.0 Å². The van der Waals surface area contributed by atoms with E-state index in [4.69, 9.17) is 18.5 Å². The van der Waals surface area contributed by atoms with E-state index in [2.05, 4.69) is 26.0 Å². The minimum atomic E-state index is -4.35. The lowest BCUT2D eigenvalue weighted by atomic mass is 10.0. The number of unbranched alkanes of at least 4 members (excludes halogenated alkanes) is 22. The van der Waals surface area contributed by atoms with Gasteiger partial charge < -0.3 is 19.3 Å². The second-order valence-electron chi connectivity index (χ2n) is 14.2. The number of phosphoric ester groups is 1. The quantitative estimate of drug-likeness (QED) is 0.0287. The fourth-order valence-electron chi connectivity index (χ4n) is 5.62. The van der Waals surface area contributed by atoms with Crippen molar-refractivity contribution in [1.29, 1.82) is 0 Å². The number of rotatable bonds is 38. The van der Waals surface area contributed by atoms with Crippen LogP contribution in [0.15, 0.2) is 12.2 Å². The topological polar surface area (TPSA) is 112 Å². The lowest BCUT2D eigenvalue weighted by Crippen LogP contribution is -2.29. The average Bonchev–Trinajstić information content (AvgIpc) is 3.08. The molecule has 0 aliphatic rings. The molecule has 0 saturated heterocycles. The van der Waals surface area contributed by atoms with Crippen molar-refractivity contribution in [2.24, 2.45) is 0 Å². The van der Waals surface area contributed by atoms with E-state index in [0.29, 0.717) is 13.0 Å². The van der Waals surface area contributed by atoms with E-state index >= 15 is 0 Å². The third kappa shape index (κ3) is 36.5. The summed E-state index contributed by atoms with van der Waals surface area (Å²) in [5.41, 5.74) is 0. The van der Waals surface area contributed by atoms with E-state index in [-0.39, 0.29) is 32.0 Å². The minimum Gasteiger partial charge on any atom is -0.462 e. The normalized spacial score (nSPS) is 13.6. The highest BCUT2D eigenvalue weighted by atomic mass is 31.2. The number of carbonyl (C=O) groups excluding carboxylic acids is 2. The summed E-state index contributed by atoms with van der Waals surface area (Å²) in [6.07, 6.45) is 33.9. The van der Waals surface area contributed by atoms with Crippen molar-refractivity contribution >= 4 is 19.8 Å². The molecule has 0 aliphatic heterocycles. The van der Waals surface area contributed by atoms with Gasteiger partial charge in [-0.05, 0) is 52.6 Å². The van der Waals surface area contributed by atoms with Crippen molar-refractivity contribution in [2.45, 2.75) is 193 Å². The van der Waals surface area contributed by atoms with Crippen LogP contribution in [0.2, 0.25) is 0 Å². The largest absolute Gasteiger partial charge is 0.472 e. The van der Waals surface area contributed by atoms with Gasteiger partial charge in [0, 0.05) is 19.4 Å². The Balaban J connectivity index is 4.31. The first kappa shape index (κ1) is 48.8. The van der Waals surface area contributed by atoms with E-state index < -0.39 is 26.5 Å². The molecule has 10 heteroatoms. The van der Waals surface area contributed by atoms with E-state index in [9.17, 15) is 19.0 Å². The van der Waals surface area contributed by atoms with E-state index in [1.54, 1.807) is 0 Å². The van der Waals surface area contributed by atoms with Crippen LogP contribution in [0.4, 0.5) is 0 Å². The Morgan fingerprint density at radius 2 is 1.02 bits per heavy atom. The summed E-state index contributed by atoms with van der Waals surface area (Å²) in [5.74, 6) is -0.806. The van der Waals surface area contributed by atoms with Crippen molar-refractivity contribution in [3.8, 4) is 0 Å². The molecule has 2 unspecified atom stereocenters. The number of esters is 2. The van der Waals surface area contributed by atoms with Crippen LogP contribution >= 0.6 is 7.82 Å². The molecule has 0 aliphatic carbocycles. The predicted octanol–water partition coefficient (Wildman–Crippen LogP) is 11.3. The standard InChI is InChI=1S/C40H78NO8P/c1-5-7-9-11-13-15-17-19-20-21-23-24-26-28-30-32-39(42)46-36-38(37-48-50(44,45)47-35-34-41(3)4)49-40(43)33-31-29-27-25-22-18-16-14-12-10-8-6-2/h19-20,38H,5-18,21-37H2,1-4H3,(H,44,45)/b20-19-. The molecular weight excluding hydrogens is 653 g/mol. The smallest absolute Gasteiger partial charge is 0.462 e. The molecule has 0 rings (SSSR count). The minimum absolute atomic E-state index is 0.00906. The van der Waals surface area contributed by atoms with Gasteiger partial charge in [-0.25, -0.2) is 4.57 Å². The third-order valence-corrected chi connectivity index (χ3v) is 9.81. The van der Waals surface area contributed by atoms with Gasteiger partial charge in [0.1, 0.15) is 6.61 Å². The number of phosphoric acid groups is 1. The fraction of sp³-hybridized carbons (Fsp3) is 0.900. The Bertz CT molecular complexity index is 853. The molecule has 0 aromatic heterocycles. The van der Waals surface area contributed by atoms with Crippen molar-refractivity contribution in [2.75, 3.05) is 40.5 Å². The van der Waals surface area contributed by atoms with Crippen LogP contribution < -0.4 is 0 Å². The molecule has 296 valence electrons. The number of hydrogen-bond donors (Lipinski definition) is 1. The van der Waals surface area contributed by atoms with Crippen LogP contribution in [0.5, 0.6) is 0 Å². The number of likely N-dealkylation sites (N-methyl/N-ethyl adjacent to an activating group) is 1. The number of nitrogens with zero attached hydrogens (tertiary/aromatic N) is 1. The second kappa shape index (κ2) is 36.1. The molecule has 0 aromatic rings. The number of carbonyl (C=O) groups is 2. The maximum atomic E-state index is 12.6. The highest BCUT2D eigenvalue weighted by Crippen LogP contribution is 2.43. The maximum Gasteiger partial charge on any atom is 0.472 e. The number of allylic oxidation sites excluding steroid dienone is 2. The summed E-state index contributed by atoms with van der Waals surface area (Å²) in [6, 6.07) is 0. The van der Waals surface area contributed by atoms with Gasteiger partial charge in [0.25, 0.3) is 0 Å². The molecule has 0 aromatic carbocycles. The molecule has 0 saturated carbocycles. The molecule has 0 spiro atoms. The van der Waals surface area contributed by atoms with E-state index in [1.165, 1.54) is 103 Å². The van der Waals surface area contributed by atoms with Gasteiger partial charge in [-0.2, -0.15) is 0 Å². The molecule has 0 bridgehead atoms. The fourth-order valence-corrected chi connectivity index (χ4v) is 6.36. The molecule has 50 heavy (non-hydrogen) atoms. The van der Waals surface area contributed by atoms with Gasteiger partial charge in [0.05, 0.1) is 13.2 Å². The van der Waals surface area contributed by atoms with Crippen LogP contribution in [0.25, 0.3) is 0 Å². The Hall–Kier alpha value is -1.25. The number of ether oxygens (including phenoxy) is 2. The Morgan fingerprint density at radius 3 is 1.48 bits per heavy atom. The maximum absolute atomic E-state index is 12.6. The zero-order valence-electron chi connectivity index (χ0n) is 32.9. The Labute approximate surface area is 307 Å². The van der Waals surface area contributed by atoms with Gasteiger partial charge in [0.15, 0.2) is 6.10 Å². The summed E-state index contributed by atoms with van der Waals surface area (Å²) in [7, 11) is -0.706. The van der Waals surface area contributed by atoms with E-state index in [0.717, 1.165) is 51.4 Å². The zero-order valence-corrected chi connectivity index (χ0v) is 33.7. The molecular formula is C40H78NO8P. The highest BCUT2D eigenvalue weighted by Gasteiger charge is 2.26. The van der Waals surface area contributed by atoms with Gasteiger partial charge in [-0.15, -0.1) is 0 Å². The Kier molecular flexibility index (Phi) is 35.2. The summed E-state index contributed by atoms with van der Waals surface area (Å²) in [6.45, 7) is 4.31. The van der Waals surface area contributed by atoms with Crippen LogP contribution in [-0.2, 0) is 32.7 Å². The monoisotopic (exact) mass is 732 g/mol. The first-order valence-electron chi connectivity index (χ1n) is 20.5. The van der Waals surface area contributed by atoms with Crippen LogP contribution in [0.3, 0.4) is 0 Å². The van der Waals surface area contributed by atoms with Crippen LogP contribution in [0, 0.1) is 0 Å². The summed E-state index contributed by atoms with van der Waals surface area (Å²) >= 11 is 0. The summed E-state index contributed by atoms with van der Waals surface area (Å²) in [4.78, 5) is 36.9. The first-order valence-corrected chi connectivity index (χ1v) is 22.0. The predicted molar refractivity (Wildman–Crippen MR) is 206 cm³/mol. The molecule has 0 radical (unpaired) electrons. The zero-order chi connectivity index (χ0) is 37.0. The molecule has 0 amide bonds. The molecule has 1 N–H and O–H groups in total. The third-order valence-electron chi connectivity index (χ3n) is 8.82. The van der Waals surface area contributed by atoms with Gasteiger partial charge in [0.2, 0.25) is 0 Å². The van der Waals surface area contributed by atoms with Crippen LogP contribution in [-0.4, -0.2) is 68.3 Å². The van der Waals surface area contributed by atoms with Gasteiger partial charge in [-0.3, -0.25) is 18.6 Å². The molecule has 2 atom stereocenters. The van der Waals surface area contributed by atoms with Gasteiger partial charge in [-0.1, -0.05) is 148 Å². The summed E-state index contributed by atoms with van der Waals surface area (Å²) in [5, 5.41) is 0. The van der Waals surface area contributed by atoms with Crippen LogP contribution in [0.1, 0.15) is 187 Å². The lowest BCUT2D eigenvalue weighted by molar-refractivity contribution is -0.161. The molecule has 9 nitrogen and oxygen atoms in total. The lowest BCUT2D eigenvalue weighted by Gasteiger charge is -2.20. The van der Waals surface area contributed by atoms with Crippen molar-refractivity contribution in [1.82, 2.24) is 4.90 Å². The van der Waals surface area contributed by atoms with Crippen molar-refractivity contribution in [3.05, 3.63) is 12.2 Å². The molecule has 0 fully saturated rings. The van der Waals surface area contributed by atoms with Crippen molar-refractivity contribution in [3.63, 3.8) is 0 Å². The molecule has 0 heterocycles. The SMILES string of the molecule is CCCCCCCC/C=C\CCCCCCCC(=O)OCC(COP(=O)(O)OCCN(C)C)OC(=O)CCCCCCCCCCCCCC. The first-order chi connectivity index (χ1) is 24.2. The second-order valence-corrected chi connectivity index (χ2v) is 15.6. The van der Waals surface area contributed by atoms with Gasteiger partial charge >= 0.3 is 19.8 Å². The average molecular weight is 732 g/mol. The Morgan fingerprint density at radius 1 is 0.600 bits per heavy atom. The highest BCUT2D eigenvalue weighted by molar-refractivity contribution is 7.47. The number of hydrogen-bond acceptors (Lipinski definition) is 8. The van der Waals surface area contributed by atoms with Crippen molar-refractivity contribution < 1.29 is 37.6 Å². The summed E-state index contributed by atoms with van der Waals surface area (Å²) < 4.78 is 33.4.